The van der Waals surface area contributed by atoms with E-state index < -0.39 is 44.5 Å². The van der Waals surface area contributed by atoms with Crippen LogP contribution in [0.5, 0.6) is 0 Å². The highest BCUT2D eigenvalue weighted by Gasteiger charge is 2.32. The van der Waals surface area contributed by atoms with E-state index in [9.17, 15) is 27.3 Å². The molecule has 0 heterocycles. The molecule has 0 fully saturated rings. The van der Waals surface area contributed by atoms with Crippen molar-refractivity contribution in [2.45, 2.75) is 10.8 Å². The van der Waals surface area contributed by atoms with Crippen molar-refractivity contribution in [1.29, 1.82) is 0 Å². The standard InChI is InChI=1S/C9H10ClF2N3O4S.ClH/c10-6-1-2-7(15(16)17)8(3-6)20(18,19)14-5-9(11,12)4-13;/h1-3,14H,4-5,13H2;1H. The number of nitro groups is 1. The van der Waals surface area contributed by atoms with Crippen LogP contribution in [0, 0.1) is 10.1 Å². The topological polar surface area (TPSA) is 115 Å². The van der Waals surface area contributed by atoms with Gasteiger partial charge in [-0.05, 0) is 12.1 Å². The van der Waals surface area contributed by atoms with Gasteiger partial charge in [0, 0.05) is 11.1 Å². The zero-order chi connectivity index (χ0) is 15.6. The lowest BCUT2D eigenvalue weighted by molar-refractivity contribution is -0.387. The number of sulfonamides is 1. The molecule has 0 spiro atoms. The van der Waals surface area contributed by atoms with Crippen molar-refractivity contribution < 1.29 is 22.1 Å². The van der Waals surface area contributed by atoms with Gasteiger partial charge < -0.3 is 5.73 Å². The van der Waals surface area contributed by atoms with Gasteiger partial charge in [0.15, 0.2) is 4.90 Å². The lowest BCUT2D eigenvalue weighted by atomic mass is 10.3. The average Bonchev–Trinajstić information content (AvgIpc) is 2.36. The van der Waals surface area contributed by atoms with Crippen LogP contribution in [0.15, 0.2) is 23.1 Å². The first kappa shape index (κ1) is 19.9. The number of hydrogen-bond donors (Lipinski definition) is 2. The molecule has 120 valence electrons. The maximum atomic E-state index is 12.9. The fraction of sp³-hybridized carbons (Fsp3) is 0.333. The van der Waals surface area contributed by atoms with Gasteiger partial charge in [0.25, 0.3) is 11.6 Å². The number of nitrogens with zero attached hydrogens (tertiary/aromatic N) is 1. The van der Waals surface area contributed by atoms with E-state index in [4.69, 9.17) is 17.3 Å². The fourth-order valence-corrected chi connectivity index (χ4v) is 2.70. The second kappa shape index (κ2) is 7.27. The highest BCUT2D eigenvalue weighted by atomic mass is 35.5. The zero-order valence-corrected chi connectivity index (χ0v) is 12.6. The Balaban J connectivity index is 0.00000400. The second-order valence-electron chi connectivity index (χ2n) is 3.75. The monoisotopic (exact) mass is 365 g/mol. The minimum absolute atomic E-state index is 0. The normalized spacial score (nSPS) is 11.8. The maximum Gasteiger partial charge on any atom is 0.289 e. The van der Waals surface area contributed by atoms with Crippen molar-refractivity contribution in [3.8, 4) is 0 Å². The largest absolute Gasteiger partial charge is 0.325 e. The number of rotatable bonds is 6. The smallest absolute Gasteiger partial charge is 0.289 e. The molecule has 0 aliphatic rings. The summed E-state index contributed by atoms with van der Waals surface area (Å²) >= 11 is 5.56. The van der Waals surface area contributed by atoms with Crippen LogP contribution in [0.4, 0.5) is 14.5 Å². The number of alkyl halides is 2. The van der Waals surface area contributed by atoms with Crippen LogP contribution in [0.3, 0.4) is 0 Å². The van der Waals surface area contributed by atoms with Gasteiger partial charge in [-0.1, -0.05) is 11.6 Å². The molecule has 12 heteroatoms. The molecule has 0 aromatic heterocycles. The van der Waals surface area contributed by atoms with Gasteiger partial charge in [0.2, 0.25) is 10.0 Å². The van der Waals surface area contributed by atoms with Crippen LogP contribution < -0.4 is 10.5 Å². The fourth-order valence-electron chi connectivity index (χ4n) is 1.20. The average molecular weight is 366 g/mol. The molecule has 0 unspecified atom stereocenters. The molecule has 21 heavy (non-hydrogen) atoms. The van der Waals surface area contributed by atoms with Gasteiger partial charge in [0.05, 0.1) is 18.0 Å². The molecular formula is C9H11Cl2F2N3O4S. The molecule has 0 saturated heterocycles. The minimum atomic E-state index is -4.51. The third-order valence-corrected chi connectivity index (χ3v) is 3.89. The SMILES string of the molecule is Cl.NCC(F)(F)CNS(=O)(=O)c1cc(Cl)ccc1[N+](=O)[O-]. The van der Waals surface area contributed by atoms with Crippen LogP contribution in [-0.4, -0.2) is 32.4 Å². The first-order valence-corrected chi connectivity index (χ1v) is 6.97. The van der Waals surface area contributed by atoms with Gasteiger partial charge in [-0.15, -0.1) is 12.4 Å². The van der Waals surface area contributed by atoms with Crippen molar-refractivity contribution in [3.63, 3.8) is 0 Å². The quantitative estimate of drug-likeness (QED) is 0.585. The molecule has 1 rings (SSSR count). The van der Waals surface area contributed by atoms with E-state index >= 15 is 0 Å². The van der Waals surface area contributed by atoms with Gasteiger partial charge in [0.1, 0.15) is 0 Å². The predicted octanol–water partition coefficient (Wildman–Crippen LogP) is 1.54. The number of nitrogens with one attached hydrogen (secondary N) is 1. The third kappa shape index (κ3) is 5.32. The molecule has 0 amide bonds. The maximum absolute atomic E-state index is 12.9. The molecule has 3 N–H and O–H groups in total. The molecule has 0 saturated carbocycles. The molecule has 7 nitrogen and oxygen atoms in total. The van der Waals surface area contributed by atoms with Crippen molar-refractivity contribution in [2.24, 2.45) is 5.73 Å². The summed E-state index contributed by atoms with van der Waals surface area (Å²) in [5.41, 5.74) is 4.00. The molecule has 0 aliphatic carbocycles. The van der Waals surface area contributed by atoms with Crippen LogP contribution in [-0.2, 0) is 10.0 Å². The predicted molar refractivity (Wildman–Crippen MR) is 74.5 cm³/mol. The third-order valence-electron chi connectivity index (χ3n) is 2.23. The van der Waals surface area contributed by atoms with E-state index in [0.717, 1.165) is 18.2 Å². The number of hydrogen-bond acceptors (Lipinski definition) is 5. The molecule has 0 aliphatic heterocycles. The lowest BCUT2D eigenvalue weighted by Gasteiger charge is -2.14. The number of nitro benzene ring substituents is 1. The first-order valence-electron chi connectivity index (χ1n) is 5.10. The highest BCUT2D eigenvalue weighted by Crippen LogP contribution is 2.27. The Morgan fingerprint density at radius 2 is 2.00 bits per heavy atom. The van der Waals surface area contributed by atoms with E-state index in [-0.39, 0.29) is 17.4 Å². The van der Waals surface area contributed by atoms with Crippen LogP contribution in [0.25, 0.3) is 0 Å². The lowest BCUT2D eigenvalue weighted by Crippen LogP contribution is -2.41. The summed E-state index contributed by atoms with van der Waals surface area (Å²) in [6, 6.07) is 2.80. The Morgan fingerprint density at radius 1 is 1.43 bits per heavy atom. The number of benzene rings is 1. The molecular weight excluding hydrogens is 355 g/mol. The summed E-state index contributed by atoms with van der Waals surface area (Å²) in [7, 11) is -4.51. The van der Waals surface area contributed by atoms with Crippen molar-refractivity contribution in [2.75, 3.05) is 13.1 Å². The summed E-state index contributed by atoms with van der Waals surface area (Å²) in [6.07, 6.45) is 0. The summed E-state index contributed by atoms with van der Waals surface area (Å²) < 4.78 is 51.1. The molecule has 1 aromatic carbocycles. The molecule has 0 bridgehead atoms. The number of halogens is 4. The van der Waals surface area contributed by atoms with Crippen molar-refractivity contribution in [1.82, 2.24) is 4.72 Å². The molecule has 1 aromatic rings. The zero-order valence-electron chi connectivity index (χ0n) is 10.3. The number of nitrogens with two attached hydrogens (primary N) is 1. The van der Waals surface area contributed by atoms with E-state index in [1.807, 2.05) is 0 Å². The van der Waals surface area contributed by atoms with E-state index in [2.05, 4.69) is 0 Å². The Labute approximate surface area is 130 Å². The summed E-state index contributed by atoms with van der Waals surface area (Å²) in [5, 5.41) is 10.7. The Hall–Kier alpha value is -1.07. The summed E-state index contributed by atoms with van der Waals surface area (Å²) in [5.74, 6) is -3.46. The molecule has 0 radical (unpaired) electrons. The van der Waals surface area contributed by atoms with Gasteiger partial charge in [-0.3, -0.25) is 10.1 Å². The van der Waals surface area contributed by atoms with Crippen LogP contribution in [0.2, 0.25) is 5.02 Å². The van der Waals surface area contributed by atoms with Gasteiger partial charge in [-0.25, -0.2) is 21.9 Å². The minimum Gasteiger partial charge on any atom is -0.325 e. The highest BCUT2D eigenvalue weighted by molar-refractivity contribution is 7.89. The van der Waals surface area contributed by atoms with Crippen LogP contribution in [0.1, 0.15) is 0 Å². The second-order valence-corrected chi connectivity index (χ2v) is 5.93. The Morgan fingerprint density at radius 3 is 2.48 bits per heavy atom. The van der Waals surface area contributed by atoms with E-state index in [1.54, 1.807) is 4.72 Å². The van der Waals surface area contributed by atoms with Crippen molar-refractivity contribution in [3.05, 3.63) is 33.3 Å². The van der Waals surface area contributed by atoms with Gasteiger partial charge >= 0.3 is 0 Å². The van der Waals surface area contributed by atoms with Crippen LogP contribution >= 0.6 is 24.0 Å². The Bertz CT molecular complexity index is 627. The van der Waals surface area contributed by atoms with E-state index in [1.165, 1.54) is 0 Å². The Kier molecular flexibility index (Phi) is 6.90. The van der Waals surface area contributed by atoms with Crippen molar-refractivity contribution >= 4 is 39.7 Å². The summed E-state index contributed by atoms with van der Waals surface area (Å²) in [4.78, 5) is 9.00. The van der Waals surface area contributed by atoms with Gasteiger partial charge in [-0.2, -0.15) is 0 Å². The summed E-state index contributed by atoms with van der Waals surface area (Å²) in [6.45, 7) is -2.33. The first-order chi connectivity index (χ1) is 9.09. The van der Waals surface area contributed by atoms with E-state index in [0.29, 0.717) is 0 Å². The molecule has 0 atom stereocenters.